The zero-order valence-electron chi connectivity index (χ0n) is 9.37. The van der Waals surface area contributed by atoms with Gasteiger partial charge in [-0.25, -0.2) is 0 Å². The van der Waals surface area contributed by atoms with E-state index in [0.29, 0.717) is 0 Å². The van der Waals surface area contributed by atoms with Gasteiger partial charge in [0.1, 0.15) is 5.84 Å². The van der Waals surface area contributed by atoms with Crippen molar-refractivity contribution in [2.75, 3.05) is 24.7 Å². The summed E-state index contributed by atoms with van der Waals surface area (Å²) in [6.45, 7) is 2.98. The number of rotatable bonds is 4. The minimum absolute atomic E-state index is 0.134. The van der Waals surface area contributed by atoms with Gasteiger partial charge in [-0.1, -0.05) is 6.07 Å². The van der Waals surface area contributed by atoms with Crippen molar-refractivity contribution in [3.05, 3.63) is 23.8 Å². The van der Waals surface area contributed by atoms with Crippen LogP contribution in [0.15, 0.2) is 23.1 Å². The minimum atomic E-state index is 0.134. The molecule has 3 nitrogen and oxygen atoms in total. The summed E-state index contributed by atoms with van der Waals surface area (Å²) in [5.74, 6) is 0.134. The molecule has 0 bridgehead atoms. The molecule has 0 saturated carbocycles. The third kappa shape index (κ3) is 2.45. The fourth-order valence-electron chi connectivity index (χ4n) is 1.45. The van der Waals surface area contributed by atoms with Crippen molar-refractivity contribution in [2.24, 2.45) is 5.73 Å². The molecule has 82 valence electrons. The number of hydrogen-bond donors (Lipinski definition) is 2. The van der Waals surface area contributed by atoms with Gasteiger partial charge in [0.15, 0.2) is 0 Å². The first-order chi connectivity index (χ1) is 7.11. The summed E-state index contributed by atoms with van der Waals surface area (Å²) in [4.78, 5) is 3.15. The van der Waals surface area contributed by atoms with Crippen LogP contribution in [0.25, 0.3) is 0 Å². The molecule has 4 heteroatoms. The SMILES string of the molecule is CCN(C)c1cccc(SC)c1C(=N)N. The number of nitrogens with one attached hydrogen (secondary N) is 1. The van der Waals surface area contributed by atoms with Crippen LogP contribution in [0.2, 0.25) is 0 Å². The summed E-state index contributed by atoms with van der Waals surface area (Å²) in [5.41, 5.74) is 7.49. The highest BCUT2D eigenvalue weighted by atomic mass is 32.2. The Hall–Kier alpha value is -1.16. The van der Waals surface area contributed by atoms with Crippen LogP contribution in [0.1, 0.15) is 12.5 Å². The van der Waals surface area contributed by atoms with Gasteiger partial charge in [-0.05, 0) is 25.3 Å². The van der Waals surface area contributed by atoms with Crippen molar-refractivity contribution in [1.29, 1.82) is 5.41 Å². The lowest BCUT2D eigenvalue weighted by Gasteiger charge is -2.21. The number of anilines is 1. The van der Waals surface area contributed by atoms with Gasteiger partial charge in [-0.15, -0.1) is 11.8 Å². The first kappa shape index (κ1) is 11.9. The molecule has 3 N–H and O–H groups in total. The van der Waals surface area contributed by atoms with E-state index in [9.17, 15) is 0 Å². The van der Waals surface area contributed by atoms with Crippen molar-refractivity contribution < 1.29 is 0 Å². The number of hydrogen-bond acceptors (Lipinski definition) is 3. The molecular weight excluding hydrogens is 206 g/mol. The Bertz CT molecular complexity index is 363. The van der Waals surface area contributed by atoms with Gasteiger partial charge in [-0.3, -0.25) is 5.41 Å². The van der Waals surface area contributed by atoms with Gasteiger partial charge < -0.3 is 10.6 Å². The van der Waals surface area contributed by atoms with Gasteiger partial charge in [0.05, 0.1) is 5.56 Å². The number of nitrogen functional groups attached to an aromatic ring is 1. The molecule has 0 fully saturated rings. The maximum absolute atomic E-state index is 7.63. The van der Waals surface area contributed by atoms with Crippen LogP contribution >= 0.6 is 11.8 Å². The molecule has 0 radical (unpaired) electrons. The molecule has 0 heterocycles. The van der Waals surface area contributed by atoms with Crippen LogP contribution in [0.4, 0.5) is 5.69 Å². The highest BCUT2D eigenvalue weighted by Crippen LogP contribution is 2.28. The molecule has 0 amide bonds. The van der Waals surface area contributed by atoms with E-state index in [0.717, 1.165) is 22.7 Å². The molecular formula is C11H17N3S. The second kappa shape index (κ2) is 5.07. The van der Waals surface area contributed by atoms with E-state index in [1.54, 1.807) is 11.8 Å². The lowest BCUT2D eigenvalue weighted by Crippen LogP contribution is -2.22. The molecule has 0 saturated heterocycles. The number of nitrogens with two attached hydrogens (primary N) is 1. The molecule has 0 atom stereocenters. The lowest BCUT2D eigenvalue weighted by atomic mass is 10.1. The Labute approximate surface area is 95.2 Å². The smallest absolute Gasteiger partial charge is 0.126 e. The molecule has 1 aromatic carbocycles. The van der Waals surface area contributed by atoms with Crippen molar-refractivity contribution in [2.45, 2.75) is 11.8 Å². The van der Waals surface area contributed by atoms with Gasteiger partial charge in [-0.2, -0.15) is 0 Å². The van der Waals surface area contributed by atoms with Gasteiger partial charge >= 0.3 is 0 Å². The van der Waals surface area contributed by atoms with E-state index in [1.165, 1.54) is 0 Å². The minimum Gasteiger partial charge on any atom is -0.384 e. The van der Waals surface area contributed by atoms with E-state index in [4.69, 9.17) is 11.1 Å². The van der Waals surface area contributed by atoms with Crippen LogP contribution in [0.3, 0.4) is 0 Å². The zero-order chi connectivity index (χ0) is 11.4. The molecule has 0 aromatic heterocycles. The number of thioether (sulfide) groups is 1. The Balaban J connectivity index is 3.31. The van der Waals surface area contributed by atoms with E-state index in [-0.39, 0.29) is 5.84 Å². The van der Waals surface area contributed by atoms with Gasteiger partial charge in [0, 0.05) is 24.2 Å². The summed E-state index contributed by atoms with van der Waals surface area (Å²) in [6, 6.07) is 5.99. The summed E-state index contributed by atoms with van der Waals surface area (Å²) < 4.78 is 0. The Morgan fingerprint density at radius 1 is 1.53 bits per heavy atom. The van der Waals surface area contributed by atoms with Gasteiger partial charge in [0.25, 0.3) is 0 Å². The maximum atomic E-state index is 7.63. The summed E-state index contributed by atoms with van der Waals surface area (Å²) in [7, 11) is 2.01. The largest absolute Gasteiger partial charge is 0.384 e. The van der Waals surface area contributed by atoms with Crippen molar-refractivity contribution in [1.82, 2.24) is 0 Å². The second-order valence-electron chi connectivity index (χ2n) is 3.28. The van der Waals surface area contributed by atoms with Crippen LogP contribution < -0.4 is 10.6 Å². The first-order valence-corrected chi connectivity index (χ1v) is 6.06. The van der Waals surface area contributed by atoms with Crippen LogP contribution in [0, 0.1) is 5.41 Å². The van der Waals surface area contributed by atoms with Crippen molar-refractivity contribution >= 4 is 23.3 Å². The van der Waals surface area contributed by atoms with Crippen LogP contribution in [-0.4, -0.2) is 25.7 Å². The average Bonchev–Trinajstić information content (AvgIpc) is 2.26. The fraction of sp³-hybridized carbons (Fsp3) is 0.364. The third-order valence-corrected chi connectivity index (χ3v) is 3.16. The zero-order valence-corrected chi connectivity index (χ0v) is 10.2. The van der Waals surface area contributed by atoms with Crippen LogP contribution in [0.5, 0.6) is 0 Å². The van der Waals surface area contributed by atoms with E-state index >= 15 is 0 Å². The quantitative estimate of drug-likeness (QED) is 0.467. The molecule has 0 unspecified atom stereocenters. The maximum Gasteiger partial charge on any atom is 0.126 e. The third-order valence-electron chi connectivity index (χ3n) is 2.38. The fourth-order valence-corrected chi connectivity index (χ4v) is 2.08. The summed E-state index contributed by atoms with van der Waals surface area (Å²) in [6.07, 6.45) is 2.00. The van der Waals surface area contributed by atoms with Crippen molar-refractivity contribution in [3.8, 4) is 0 Å². The Morgan fingerprint density at radius 2 is 2.20 bits per heavy atom. The number of benzene rings is 1. The molecule has 1 rings (SSSR count). The number of amidine groups is 1. The van der Waals surface area contributed by atoms with Gasteiger partial charge in [0.2, 0.25) is 0 Å². The summed E-state index contributed by atoms with van der Waals surface area (Å²) in [5, 5.41) is 7.63. The first-order valence-electron chi connectivity index (χ1n) is 4.84. The highest BCUT2D eigenvalue weighted by Gasteiger charge is 2.12. The standard InChI is InChI=1S/C11H17N3S/c1-4-14(2)8-6-5-7-9(15-3)10(8)11(12)13/h5-7H,4H2,1-3H3,(H3,12,13). The monoisotopic (exact) mass is 223 g/mol. The van der Waals surface area contributed by atoms with Crippen LogP contribution in [-0.2, 0) is 0 Å². The predicted molar refractivity (Wildman–Crippen MR) is 68.2 cm³/mol. The Kier molecular flexibility index (Phi) is 4.03. The predicted octanol–water partition coefficient (Wildman–Crippen LogP) is 2.15. The number of nitrogens with zero attached hydrogens (tertiary/aromatic N) is 1. The summed E-state index contributed by atoms with van der Waals surface area (Å²) >= 11 is 1.62. The van der Waals surface area contributed by atoms with Crippen molar-refractivity contribution in [3.63, 3.8) is 0 Å². The Morgan fingerprint density at radius 3 is 2.67 bits per heavy atom. The molecule has 0 aliphatic rings. The molecule has 0 spiro atoms. The van der Waals surface area contributed by atoms with E-state index < -0.39 is 0 Å². The average molecular weight is 223 g/mol. The molecule has 0 aliphatic heterocycles. The van der Waals surface area contributed by atoms with E-state index in [2.05, 4.69) is 11.8 Å². The van der Waals surface area contributed by atoms with E-state index in [1.807, 2.05) is 31.5 Å². The molecule has 15 heavy (non-hydrogen) atoms. The second-order valence-corrected chi connectivity index (χ2v) is 4.13. The lowest BCUT2D eigenvalue weighted by molar-refractivity contribution is 0.962. The molecule has 1 aromatic rings. The normalized spacial score (nSPS) is 10.1. The highest BCUT2D eigenvalue weighted by molar-refractivity contribution is 7.98. The molecule has 0 aliphatic carbocycles. The topological polar surface area (TPSA) is 53.1 Å².